The van der Waals surface area contributed by atoms with Gasteiger partial charge in [-0.3, -0.25) is 9.69 Å². The van der Waals surface area contributed by atoms with E-state index in [2.05, 4.69) is 0 Å². The Kier molecular flexibility index (Phi) is 5.20. The Morgan fingerprint density at radius 3 is 2.33 bits per heavy atom. The third-order valence-electron chi connectivity index (χ3n) is 1.58. The van der Waals surface area contributed by atoms with E-state index in [4.69, 9.17) is 21.8 Å². The standard InChI is InChI=1S/C7H14ClNO3/c1-9(2)6(7(11)12)3-5(10)4-8/h5-6,10H,3-4H2,1-2H3,(H,11,12). The molecular formula is C7H14ClNO3. The van der Waals surface area contributed by atoms with E-state index in [1.807, 2.05) is 0 Å². The van der Waals surface area contributed by atoms with Gasteiger partial charge in [0.1, 0.15) is 6.04 Å². The van der Waals surface area contributed by atoms with Gasteiger partial charge in [-0.15, -0.1) is 11.6 Å². The van der Waals surface area contributed by atoms with Crippen molar-refractivity contribution in [3.8, 4) is 0 Å². The summed E-state index contributed by atoms with van der Waals surface area (Å²) in [7, 11) is 3.31. The lowest BCUT2D eigenvalue weighted by atomic mass is 10.1. The molecule has 0 rings (SSSR count). The fourth-order valence-corrected chi connectivity index (χ4v) is 0.979. The van der Waals surface area contributed by atoms with Crippen LogP contribution in [0.25, 0.3) is 0 Å². The van der Waals surface area contributed by atoms with Gasteiger partial charge in [-0.2, -0.15) is 0 Å². The van der Waals surface area contributed by atoms with Gasteiger partial charge in [0.15, 0.2) is 0 Å². The van der Waals surface area contributed by atoms with Gasteiger partial charge in [0.05, 0.1) is 6.10 Å². The smallest absolute Gasteiger partial charge is 0.320 e. The van der Waals surface area contributed by atoms with Gasteiger partial charge in [0.2, 0.25) is 0 Å². The number of rotatable bonds is 5. The SMILES string of the molecule is CN(C)C(CC(O)CCl)C(=O)O. The lowest BCUT2D eigenvalue weighted by Gasteiger charge is -2.21. The summed E-state index contributed by atoms with van der Waals surface area (Å²) < 4.78 is 0. The average Bonchev–Trinajstić information content (AvgIpc) is 1.98. The maximum absolute atomic E-state index is 10.6. The summed E-state index contributed by atoms with van der Waals surface area (Å²) in [6, 6.07) is -0.668. The van der Waals surface area contributed by atoms with Crippen molar-refractivity contribution in [2.45, 2.75) is 18.6 Å². The van der Waals surface area contributed by atoms with Crippen molar-refractivity contribution in [3.05, 3.63) is 0 Å². The predicted octanol–water partition coefficient (Wildman–Crippen LogP) is -0.00900. The second-order valence-electron chi connectivity index (χ2n) is 2.86. The second kappa shape index (κ2) is 5.35. The number of carbonyl (C=O) groups is 1. The highest BCUT2D eigenvalue weighted by Gasteiger charge is 2.22. The Morgan fingerprint density at radius 2 is 2.08 bits per heavy atom. The summed E-state index contributed by atoms with van der Waals surface area (Å²) in [5.74, 6) is -0.874. The summed E-state index contributed by atoms with van der Waals surface area (Å²) >= 11 is 5.34. The molecule has 0 radical (unpaired) electrons. The molecule has 0 amide bonds. The van der Waals surface area contributed by atoms with Crippen molar-refractivity contribution in [2.24, 2.45) is 0 Å². The molecule has 0 aromatic rings. The Morgan fingerprint density at radius 1 is 1.58 bits per heavy atom. The third-order valence-corrected chi connectivity index (χ3v) is 1.94. The van der Waals surface area contributed by atoms with Gasteiger partial charge in [-0.25, -0.2) is 0 Å². The lowest BCUT2D eigenvalue weighted by Crippen LogP contribution is -2.38. The summed E-state index contributed by atoms with van der Waals surface area (Å²) in [5, 5.41) is 17.8. The highest BCUT2D eigenvalue weighted by Crippen LogP contribution is 2.05. The molecule has 2 atom stereocenters. The maximum Gasteiger partial charge on any atom is 0.320 e. The summed E-state index contributed by atoms with van der Waals surface area (Å²) in [6.07, 6.45) is -0.596. The first-order chi connectivity index (χ1) is 5.49. The van der Waals surface area contributed by atoms with Crippen molar-refractivity contribution in [2.75, 3.05) is 20.0 Å². The van der Waals surface area contributed by atoms with E-state index in [0.717, 1.165) is 0 Å². The monoisotopic (exact) mass is 195 g/mol. The Balaban J connectivity index is 4.05. The first kappa shape index (κ1) is 11.7. The number of halogens is 1. The molecule has 0 aromatic heterocycles. The maximum atomic E-state index is 10.6. The minimum absolute atomic E-state index is 0.0671. The lowest BCUT2D eigenvalue weighted by molar-refractivity contribution is -0.143. The van der Waals surface area contributed by atoms with Crippen LogP contribution in [-0.4, -0.2) is 53.2 Å². The number of hydrogen-bond donors (Lipinski definition) is 2. The molecule has 0 heterocycles. The van der Waals surface area contributed by atoms with Crippen molar-refractivity contribution < 1.29 is 15.0 Å². The highest BCUT2D eigenvalue weighted by molar-refractivity contribution is 6.18. The molecule has 0 aromatic carbocycles. The predicted molar refractivity (Wildman–Crippen MR) is 46.5 cm³/mol. The van der Waals surface area contributed by atoms with Crippen LogP contribution in [-0.2, 0) is 4.79 Å². The number of aliphatic hydroxyl groups excluding tert-OH is 1. The van der Waals surface area contributed by atoms with Crippen molar-refractivity contribution >= 4 is 17.6 Å². The minimum atomic E-state index is -0.941. The van der Waals surface area contributed by atoms with Gasteiger partial charge in [-0.1, -0.05) is 0 Å². The summed E-state index contributed by atoms with van der Waals surface area (Å²) in [4.78, 5) is 12.1. The summed E-state index contributed by atoms with van der Waals surface area (Å²) in [5.41, 5.74) is 0. The molecule has 2 unspecified atom stereocenters. The molecule has 0 bridgehead atoms. The zero-order valence-corrected chi connectivity index (χ0v) is 7.95. The van der Waals surface area contributed by atoms with E-state index in [1.165, 1.54) is 4.90 Å². The van der Waals surface area contributed by atoms with Crippen molar-refractivity contribution in [1.82, 2.24) is 4.90 Å². The number of hydrogen-bond acceptors (Lipinski definition) is 3. The van der Waals surface area contributed by atoms with Crippen LogP contribution in [0.2, 0.25) is 0 Å². The topological polar surface area (TPSA) is 60.8 Å². The van der Waals surface area contributed by atoms with E-state index in [1.54, 1.807) is 14.1 Å². The molecule has 12 heavy (non-hydrogen) atoms. The molecule has 2 N–H and O–H groups in total. The van der Waals surface area contributed by atoms with E-state index in [-0.39, 0.29) is 12.3 Å². The molecule has 0 fully saturated rings. The fraction of sp³-hybridized carbons (Fsp3) is 0.857. The second-order valence-corrected chi connectivity index (χ2v) is 3.17. The number of nitrogens with zero attached hydrogens (tertiary/aromatic N) is 1. The molecule has 0 aliphatic heterocycles. The number of likely N-dealkylation sites (N-methyl/N-ethyl adjacent to an activating group) is 1. The fourth-order valence-electron chi connectivity index (χ4n) is 0.853. The molecule has 0 saturated heterocycles. The minimum Gasteiger partial charge on any atom is -0.480 e. The van der Waals surface area contributed by atoms with Crippen molar-refractivity contribution in [1.29, 1.82) is 0 Å². The zero-order chi connectivity index (χ0) is 9.72. The van der Waals surface area contributed by atoms with Gasteiger partial charge in [-0.05, 0) is 14.1 Å². The molecule has 0 spiro atoms. The van der Waals surface area contributed by atoms with E-state index >= 15 is 0 Å². The van der Waals surface area contributed by atoms with Crippen LogP contribution in [0, 0.1) is 0 Å². The molecule has 4 nitrogen and oxygen atoms in total. The van der Waals surface area contributed by atoms with Crippen molar-refractivity contribution in [3.63, 3.8) is 0 Å². The van der Waals surface area contributed by atoms with Gasteiger partial charge in [0.25, 0.3) is 0 Å². The number of carboxylic acids is 1. The molecule has 5 heteroatoms. The zero-order valence-electron chi connectivity index (χ0n) is 7.20. The quantitative estimate of drug-likeness (QED) is 0.606. The first-order valence-electron chi connectivity index (χ1n) is 3.62. The van der Waals surface area contributed by atoms with Gasteiger partial charge < -0.3 is 10.2 Å². The van der Waals surface area contributed by atoms with Crippen LogP contribution in [0.5, 0.6) is 0 Å². The average molecular weight is 196 g/mol. The highest BCUT2D eigenvalue weighted by atomic mass is 35.5. The molecular weight excluding hydrogens is 182 g/mol. The Labute approximate surface area is 76.7 Å². The van der Waals surface area contributed by atoms with Crippen LogP contribution in [0.15, 0.2) is 0 Å². The molecule has 0 saturated carbocycles. The van der Waals surface area contributed by atoms with Gasteiger partial charge >= 0.3 is 5.97 Å². The Hall–Kier alpha value is -0.320. The largest absolute Gasteiger partial charge is 0.480 e. The molecule has 0 aliphatic rings. The van der Waals surface area contributed by atoms with Crippen LogP contribution in [0.4, 0.5) is 0 Å². The number of carboxylic acid groups (broad SMARTS) is 1. The number of alkyl halides is 1. The van der Waals surface area contributed by atoms with E-state index < -0.39 is 18.1 Å². The number of aliphatic hydroxyl groups is 1. The molecule has 0 aliphatic carbocycles. The van der Waals surface area contributed by atoms with E-state index in [9.17, 15) is 4.79 Å². The van der Waals surface area contributed by atoms with Crippen LogP contribution in [0.3, 0.4) is 0 Å². The van der Waals surface area contributed by atoms with Gasteiger partial charge in [0, 0.05) is 12.3 Å². The summed E-state index contributed by atoms with van der Waals surface area (Å²) in [6.45, 7) is 0. The molecule has 72 valence electrons. The number of aliphatic carboxylic acids is 1. The van der Waals surface area contributed by atoms with E-state index in [0.29, 0.717) is 0 Å². The third kappa shape index (κ3) is 3.90. The Bertz CT molecular complexity index is 152. The van der Waals surface area contributed by atoms with Crippen LogP contribution in [0.1, 0.15) is 6.42 Å². The normalized spacial score (nSPS) is 16.1. The van der Waals surface area contributed by atoms with Crippen LogP contribution < -0.4 is 0 Å². The first-order valence-corrected chi connectivity index (χ1v) is 4.15. The van der Waals surface area contributed by atoms with Crippen LogP contribution >= 0.6 is 11.6 Å².